The number of carbonyl (C=O) groups excluding carboxylic acids is 2. The predicted octanol–water partition coefficient (Wildman–Crippen LogP) is 3.01. The number of furan rings is 1. The summed E-state index contributed by atoms with van der Waals surface area (Å²) in [7, 11) is 0. The third-order valence-corrected chi connectivity index (χ3v) is 7.69. The van der Waals surface area contributed by atoms with Crippen molar-refractivity contribution in [3.8, 4) is 0 Å². The van der Waals surface area contributed by atoms with Crippen molar-refractivity contribution in [2.45, 2.75) is 70.0 Å². The number of hydrogen-bond donors (Lipinski definition) is 1. The highest BCUT2D eigenvalue weighted by Crippen LogP contribution is 2.33. The van der Waals surface area contributed by atoms with E-state index in [0.717, 1.165) is 70.5 Å². The predicted molar refractivity (Wildman–Crippen MR) is 125 cm³/mol. The van der Waals surface area contributed by atoms with Crippen LogP contribution in [0.1, 0.15) is 62.4 Å². The van der Waals surface area contributed by atoms with Gasteiger partial charge in [-0.3, -0.25) is 14.5 Å². The Morgan fingerprint density at radius 1 is 1.15 bits per heavy atom. The van der Waals surface area contributed by atoms with Crippen molar-refractivity contribution in [3.05, 3.63) is 24.1 Å². The Bertz CT molecular complexity index is 984. The van der Waals surface area contributed by atoms with Gasteiger partial charge in [0, 0.05) is 44.4 Å². The smallest absolute Gasteiger partial charge is 0.271 e. The SMILES string of the molecule is C[C@]1(C(=O)NC2CCCCCC2)Cn2c(cc3occc32)C(=O)N1CCCN1CCOCC1. The summed E-state index contributed by atoms with van der Waals surface area (Å²) in [4.78, 5) is 31.6. The molecule has 1 saturated heterocycles. The third kappa shape index (κ3) is 4.43. The molecule has 2 fully saturated rings. The number of ether oxygens (including phenoxy) is 1. The molecule has 33 heavy (non-hydrogen) atoms. The summed E-state index contributed by atoms with van der Waals surface area (Å²) in [6.45, 7) is 7.19. The zero-order chi connectivity index (χ0) is 22.8. The number of nitrogens with zero attached hydrogens (tertiary/aromatic N) is 3. The molecule has 8 nitrogen and oxygen atoms in total. The van der Waals surface area contributed by atoms with Gasteiger partial charge in [0.2, 0.25) is 5.91 Å². The molecule has 1 aliphatic carbocycles. The molecule has 2 amide bonds. The number of fused-ring (bicyclic) bond motifs is 3. The van der Waals surface area contributed by atoms with Gasteiger partial charge in [-0.2, -0.15) is 0 Å². The molecule has 5 rings (SSSR count). The Kier molecular flexibility index (Phi) is 6.47. The van der Waals surface area contributed by atoms with E-state index in [4.69, 9.17) is 9.15 Å². The number of carbonyl (C=O) groups is 2. The maximum atomic E-state index is 13.8. The van der Waals surface area contributed by atoms with Crippen LogP contribution >= 0.6 is 0 Å². The van der Waals surface area contributed by atoms with E-state index in [2.05, 4.69) is 10.2 Å². The van der Waals surface area contributed by atoms with Crippen molar-refractivity contribution in [1.82, 2.24) is 19.7 Å². The van der Waals surface area contributed by atoms with Gasteiger partial charge in [-0.15, -0.1) is 0 Å². The second-order valence-corrected chi connectivity index (χ2v) is 9.99. The highest BCUT2D eigenvalue weighted by Gasteiger charge is 2.48. The van der Waals surface area contributed by atoms with Crippen molar-refractivity contribution in [3.63, 3.8) is 0 Å². The van der Waals surface area contributed by atoms with Crippen molar-refractivity contribution >= 4 is 22.9 Å². The summed E-state index contributed by atoms with van der Waals surface area (Å²) in [6, 6.07) is 3.89. The number of rotatable bonds is 6. The minimum atomic E-state index is -0.940. The summed E-state index contributed by atoms with van der Waals surface area (Å²) < 4.78 is 13.0. The average Bonchev–Trinajstić information content (AvgIpc) is 3.31. The zero-order valence-corrected chi connectivity index (χ0v) is 19.7. The summed E-state index contributed by atoms with van der Waals surface area (Å²) >= 11 is 0. The van der Waals surface area contributed by atoms with Crippen LogP contribution in [0.2, 0.25) is 0 Å². The minimum Gasteiger partial charge on any atom is -0.463 e. The number of amides is 2. The Balaban J connectivity index is 1.38. The van der Waals surface area contributed by atoms with Crippen LogP contribution in [0.4, 0.5) is 0 Å². The standard InChI is InChI=1S/C25H36N4O4/c1-25(24(31)26-19-7-4-2-3-5-8-19)18-28-20-9-14-33-22(20)17-21(28)23(30)29(25)11-6-10-27-12-15-32-16-13-27/h9,14,17,19H,2-8,10-13,15-16,18H2,1H3,(H,26,31)/t25-/m1/s1. The molecule has 0 bridgehead atoms. The molecule has 1 N–H and O–H groups in total. The Hall–Kier alpha value is -2.32. The molecule has 3 aliphatic rings. The largest absolute Gasteiger partial charge is 0.463 e. The van der Waals surface area contributed by atoms with E-state index in [-0.39, 0.29) is 17.9 Å². The lowest BCUT2D eigenvalue weighted by Gasteiger charge is -2.45. The van der Waals surface area contributed by atoms with Crippen molar-refractivity contribution < 1.29 is 18.7 Å². The fourth-order valence-corrected chi connectivity index (χ4v) is 5.66. The number of nitrogens with one attached hydrogen (secondary N) is 1. The lowest BCUT2D eigenvalue weighted by molar-refractivity contribution is -0.133. The van der Waals surface area contributed by atoms with E-state index in [1.807, 2.05) is 28.5 Å². The third-order valence-electron chi connectivity index (χ3n) is 7.69. The van der Waals surface area contributed by atoms with Crippen LogP contribution in [0, 0.1) is 0 Å². The fraction of sp³-hybridized carbons (Fsp3) is 0.680. The van der Waals surface area contributed by atoms with Crippen molar-refractivity contribution in [2.75, 3.05) is 39.4 Å². The molecular formula is C25H36N4O4. The van der Waals surface area contributed by atoms with E-state index in [9.17, 15) is 9.59 Å². The van der Waals surface area contributed by atoms with Gasteiger partial charge in [0.1, 0.15) is 11.2 Å². The molecule has 2 aromatic heterocycles. The molecule has 1 atom stereocenters. The Morgan fingerprint density at radius 2 is 1.91 bits per heavy atom. The van der Waals surface area contributed by atoms with E-state index >= 15 is 0 Å². The monoisotopic (exact) mass is 456 g/mol. The molecular weight excluding hydrogens is 420 g/mol. The van der Waals surface area contributed by atoms with Gasteiger partial charge in [-0.1, -0.05) is 25.7 Å². The molecule has 1 saturated carbocycles. The molecule has 0 unspecified atom stereocenters. The molecule has 2 aliphatic heterocycles. The summed E-state index contributed by atoms with van der Waals surface area (Å²) in [5.74, 6) is -0.127. The first kappa shape index (κ1) is 22.5. The second kappa shape index (κ2) is 9.50. The maximum Gasteiger partial charge on any atom is 0.271 e. The molecule has 0 radical (unpaired) electrons. The fourth-order valence-electron chi connectivity index (χ4n) is 5.66. The first-order chi connectivity index (χ1) is 16.1. The van der Waals surface area contributed by atoms with E-state index in [1.165, 1.54) is 12.8 Å². The van der Waals surface area contributed by atoms with Gasteiger partial charge in [-0.05, 0) is 26.2 Å². The van der Waals surface area contributed by atoms with Gasteiger partial charge in [0.15, 0.2) is 5.58 Å². The number of morpholine rings is 1. The molecule has 0 spiro atoms. The summed E-state index contributed by atoms with van der Waals surface area (Å²) in [5, 5.41) is 3.33. The van der Waals surface area contributed by atoms with Crippen LogP contribution in [0.5, 0.6) is 0 Å². The van der Waals surface area contributed by atoms with Gasteiger partial charge < -0.3 is 23.9 Å². The highest BCUT2D eigenvalue weighted by molar-refractivity contribution is 6.02. The minimum absolute atomic E-state index is 0.0369. The van der Waals surface area contributed by atoms with E-state index < -0.39 is 5.54 Å². The van der Waals surface area contributed by atoms with Crippen molar-refractivity contribution in [1.29, 1.82) is 0 Å². The Labute approximate surface area is 195 Å². The van der Waals surface area contributed by atoms with Gasteiger partial charge in [-0.25, -0.2) is 0 Å². The quantitative estimate of drug-likeness (QED) is 0.676. The van der Waals surface area contributed by atoms with Gasteiger partial charge >= 0.3 is 0 Å². The maximum absolute atomic E-state index is 13.8. The molecule has 4 heterocycles. The van der Waals surface area contributed by atoms with E-state index in [1.54, 1.807) is 6.26 Å². The van der Waals surface area contributed by atoms with Crippen LogP contribution in [-0.4, -0.2) is 77.2 Å². The molecule has 2 aromatic rings. The normalized spacial score (nSPS) is 25.2. The summed E-state index contributed by atoms with van der Waals surface area (Å²) in [5.41, 5.74) is 1.24. The lowest BCUT2D eigenvalue weighted by atomic mass is 9.93. The summed E-state index contributed by atoms with van der Waals surface area (Å²) in [6.07, 6.45) is 9.29. The van der Waals surface area contributed by atoms with Crippen molar-refractivity contribution in [2.24, 2.45) is 0 Å². The first-order valence-electron chi connectivity index (χ1n) is 12.6. The topological polar surface area (TPSA) is 80.0 Å². The van der Waals surface area contributed by atoms with E-state index in [0.29, 0.717) is 24.4 Å². The Morgan fingerprint density at radius 3 is 2.67 bits per heavy atom. The molecule has 8 heteroatoms. The molecule has 180 valence electrons. The van der Waals surface area contributed by atoms with Gasteiger partial charge in [0.05, 0.1) is 31.5 Å². The number of hydrogen-bond acceptors (Lipinski definition) is 5. The highest BCUT2D eigenvalue weighted by atomic mass is 16.5. The first-order valence-corrected chi connectivity index (χ1v) is 12.6. The average molecular weight is 457 g/mol. The van der Waals surface area contributed by atoms with Crippen LogP contribution < -0.4 is 5.32 Å². The van der Waals surface area contributed by atoms with Gasteiger partial charge in [0.25, 0.3) is 5.91 Å². The van der Waals surface area contributed by atoms with Crippen LogP contribution in [0.15, 0.2) is 22.8 Å². The van der Waals surface area contributed by atoms with Crippen LogP contribution in [-0.2, 0) is 16.1 Å². The van der Waals surface area contributed by atoms with Crippen LogP contribution in [0.3, 0.4) is 0 Å². The lowest BCUT2D eigenvalue weighted by Crippen LogP contribution is -2.65. The van der Waals surface area contributed by atoms with Crippen LogP contribution in [0.25, 0.3) is 11.1 Å². The zero-order valence-electron chi connectivity index (χ0n) is 19.7. The second-order valence-electron chi connectivity index (χ2n) is 9.99. The molecule has 0 aromatic carbocycles. The number of aromatic nitrogens is 1.